The van der Waals surface area contributed by atoms with Gasteiger partial charge in [-0.15, -0.1) is 0 Å². The van der Waals surface area contributed by atoms with Gasteiger partial charge in [-0.2, -0.15) is 0 Å². The van der Waals surface area contributed by atoms with Crippen LogP contribution in [-0.2, 0) is 0 Å². The Bertz CT molecular complexity index is 260. The SMILES string of the molecule is CNc1ccc([C@H]2CCNC2)cc1. The Kier molecular flexibility index (Phi) is 2.50. The van der Waals surface area contributed by atoms with Crippen LogP contribution in [0, 0.1) is 0 Å². The van der Waals surface area contributed by atoms with E-state index in [1.807, 2.05) is 7.05 Å². The third-order valence-corrected chi connectivity index (χ3v) is 2.73. The molecular formula is C11H16N2. The minimum absolute atomic E-state index is 0.728. The molecule has 2 nitrogen and oxygen atoms in total. The summed E-state index contributed by atoms with van der Waals surface area (Å²) in [6.45, 7) is 2.30. The fraction of sp³-hybridized carbons (Fsp3) is 0.455. The lowest BCUT2D eigenvalue weighted by atomic mass is 9.98. The molecule has 13 heavy (non-hydrogen) atoms. The van der Waals surface area contributed by atoms with Crippen LogP contribution in [0.5, 0.6) is 0 Å². The van der Waals surface area contributed by atoms with E-state index in [2.05, 4.69) is 34.9 Å². The number of anilines is 1. The predicted octanol–water partition coefficient (Wildman–Crippen LogP) is 1.81. The van der Waals surface area contributed by atoms with E-state index in [1.165, 1.54) is 24.2 Å². The molecule has 0 radical (unpaired) electrons. The zero-order chi connectivity index (χ0) is 9.10. The largest absolute Gasteiger partial charge is 0.388 e. The van der Waals surface area contributed by atoms with Crippen LogP contribution < -0.4 is 10.6 Å². The van der Waals surface area contributed by atoms with Gasteiger partial charge in [0, 0.05) is 19.3 Å². The third kappa shape index (κ3) is 1.83. The highest BCUT2D eigenvalue weighted by Crippen LogP contribution is 2.23. The molecular weight excluding hydrogens is 160 g/mol. The molecule has 1 fully saturated rings. The summed E-state index contributed by atoms with van der Waals surface area (Å²) < 4.78 is 0. The van der Waals surface area contributed by atoms with Gasteiger partial charge in [0.15, 0.2) is 0 Å². The van der Waals surface area contributed by atoms with E-state index < -0.39 is 0 Å². The van der Waals surface area contributed by atoms with Crippen LogP contribution in [0.15, 0.2) is 24.3 Å². The first-order chi connectivity index (χ1) is 6.40. The maximum absolute atomic E-state index is 3.38. The average Bonchev–Trinajstić information content (AvgIpc) is 2.71. The van der Waals surface area contributed by atoms with Crippen molar-refractivity contribution in [3.05, 3.63) is 29.8 Å². The maximum Gasteiger partial charge on any atom is 0.0337 e. The zero-order valence-corrected chi connectivity index (χ0v) is 8.01. The van der Waals surface area contributed by atoms with Crippen molar-refractivity contribution in [2.45, 2.75) is 12.3 Å². The fourth-order valence-corrected chi connectivity index (χ4v) is 1.86. The highest BCUT2D eigenvalue weighted by molar-refractivity contribution is 5.44. The topological polar surface area (TPSA) is 24.1 Å². The molecule has 0 unspecified atom stereocenters. The lowest BCUT2D eigenvalue weighted by Crippen LogP contribution is -2.07. The summed E-state index contributed by atoms with van der Waals surface area (Å²) in [4.78, 5) is 0. The van der Waals surface area contributed by atoms with E-state index in [4.69, 9.17) is 0 Å². The van der Waals surface area contributed by atoms with Gasteiger partial charge in [-0.05, 0) is 36.6 Å². The first-order valence-corrected chi connectivity index (χ1v) is 4.88. The van der Waals surface area contributed by atoms with Crippen LogP contribution in [0.1, 0.15) is 17.9 Å². The molecule has 1 aliphatic rings. The van der Waals surface area contributed by atoms with Crippen LogP contribution in [0.4, 0.5) is 5.69 Å². The smallest absolute Gasteiger partial charge is 0.0337 e. The second-order valence-electron chi connectivity index (χ2n) is 3.56. The molecule has 1 aromatic rings. The molecule has 2 rings (SSSR count). The molecule has 1 heterocycles. The predicted molar refractivity (Wildman–Crippen MR) is 56.2 cm³/mol. The second kappa shape index (κ2) is 3.79. The Hall–Kier alpha value is -1.02. The lowest BCUT2D eigenvalue weighted by molar-refractivity contribution is 0.763. The van der Waals surface area contributed by atoms with Gasteiger partial charge in [0.1, 0.15) is 0 Å². The maximum atomic E-state index is 3.38. The van der Waals surface area contributed by atoms with Gasteiger partial charge >= 0.3 is 0 Å². The monoisotopic (exact) mass is 176 g/mol. The van der Waals surface area contributed by atoms with Crippen molar-refractivity contribution in [3.8, 4) is 0 Å². The van der Waals surface area contributed by atoms with E-state index in [-0.39, 0.29) is 0 Å². The van der Waals surface area contributed by atoms with Crippen LogP contribution >= 0.6 is 0 Å². The molecule has 1 aromatic carbocycles. The Morgan fingerprint density at radius 2 is 2.08 bits per heavy atom. The van der Waals surface area contributed by atoms with Crippen molar-refractivity contribution >= 4 is 5.69 Å². The van der Waals surface area contributed by atoms with E-state index >= 15 is 0 Å². The minimum Gasteiger partial charge on any atom is -0.388 e. The van der Waals surface area contributed by atoms with Crippen LogP contribution in [0.2, 0.25) is 0 Å². The molecule has 0 bridgehead atoms. The van der Waals surface area contributed by atoms with E-state index in [0.29, 0.717) is 0 Å². The van der Waals surface area contributed by atoms with Crippen LogP contribution in [-0.4, -0.2) is 20.1 Å². The minimum atomic E-state index is 0.728. The van der Waals surface area contributed by atoms with E-state index in [9.17, 15) is 0 Å². The Balaban J connectivity index is 2.12. The van der Waals surface area contributed by atoms with Gasteiger partial charge in [-0.3, -0.25) is 0 Å². The Morgan fingerprint density at radius 3 is 2.62 bits per heavy atom. The summed E-state index contributed by atoms with van der Waals surface area (Å²) in [7, 11) is 1.95. The Morgan fingerprint density at radius 1 is 1.31 bits per heavy atom. The van der Waals surface area contributed by atoms with E-state index in [1.54, 1.807) is 0 Å². The normalized spacial score (nSPS) is 21.8. The number of hydrogen-bond donors (Lipinski definition) is 2. The van der Waals surface area contributed by atoms with Gasteiger partial charge in [0.2, 0.25) is 0 Å². The highest BCUT2D eigenvalue weighted by Gasteiger charge is 2.15. The van der Waals surface area contributed by atoms with Gasteiger partial charge in [0.25, 0.3) is 0 Å². The number of rotatable bonds is 2. The zero-order valence-electron chi connectivity index (χ0n) is 8.01. The summed E-state index contributed by atoms with van der Waals surface area (Å²) in [5.74, 6) is 0.728. The molecule has 70 valence electrons. The molecule has 0 aromatic heterocycles. The molecule has 2 heteroatoms. The quantitative estimate of drug-likeness (QED) is 0.718. The first kappa shape index (κ1) is 8.57. The van der Waals surface area contributed by atoms with Crippen LogP contribution in [0.25, 0.3) is 0 Å². The number of nitrogens with one attached hydrogen (secondary N) is 2. The lowest BCUT2D eigenvalue weighted by Gasteiger charge is -2.09. The molecule has 0 spiro atoms. The molecule has 0 saturated carbocycles. The standard InChI is InChI=1S/C11H16N2/c1-12-11-4-2-9(3-5-11)10-6-7-13-8-10/h2-5,10,12-13H,6-8H2,1H3/t10-/m0/s1. The van der Waals surface area contributed by atoms with Crippen molar-refractivity contribution in [1.29, 1.82) is 0 Å². The molecule has 2 N–H and O–H groups in total. The van der Waals surface area contributed by atoms with Gasteiger partial charge in [0.05, 0.1) is 0 Å². The van der Waals surface area contributed by atoms with Crippen molar-refractivity contribution in [2.75, 3.05) is 25.5 Å². The summed E-state index contributed by atoms with van der Waals surface area (Å²) in [6, 6.07) is 8.74. The number of benzene rings is 1. The molecule has 1 saturated heterocycles. The van der Waals surface area contributed by atoms with Crippen molar-refractivity contribution < 1.29 is 0 Å². The van der Waals surface area contributed by atoms with Gasteiger partial charge < -0.3 is 10.6 Å². The molecule has 0 amide bonds. The summed E-state index contributed by atoms with van der Waals surface area (Å²) in [6.07, 6.45) is 1.28. The highest BCUT2D eigenvalue weighted by atomic mass is 14.9. The molecule has 1 atom stereocenters. The summed E-state index contributed by atoms with van der Waals surface area (Å²) in [5.41, 5.74) is 2.65. The molecule has 0 aliphatic carbocycles. The summed E-state index contributed by atoms with van der Waals surface area (Å²) >= 11 is 0. The van der Waals surface area contributed by atoms with Crippen molar-refractivity contribution in [1.82, 2.24) is 5.32 Å². The Labute approximate surface area is 79.4 Å². The number of hydrogen-bond acceptors (Lipinski definition) is 2. The molecule has 1 aliphatic heterocycles. The van der Waals surface area contributed by atoms with Gasteiger partial charge in [-0.1, -0.05) is 12.1 Å². The second-order valence-corrected chi connectivity index (χ2v) is 3.56. The third-order valence-electron chi connectivity index (χ3n) is 2.73. The van der Waals surface area contributed by atoms with E-state index in [0.717, 1.165) is 12.5 Å². The van der Waals surface area contributed by atoms with Crippen molar-refractivity contribution in [2.24, 2.45) is 0 Å². The van der Waals surface area contributed by atoms with Crippen molar-refractivity contribution in [3.63, 3.8) is 0 Å². The van der Waals surface area contributed by atoms with Crippen LogP contribution in [0.3, 0.4) is 0 Å². The summed E-state index contributed by atoms with van der Waals surface area (Å²) in [5, 5.41) is 6.51. The fourth-order valence-electron chi connectivity index (χ4n) is 1.86. The van der Waals surface area contributed by atoms with Gasteiger partial charge in [-0.25, -0.2) is 0 Å². The average molecular weight is 176 g/mol. The first-order valence-electron chi connectivity index (χ1n) is 4.88.